The molecular formula is C14H24N2O3. The number of nitrogens with one attached hydrogen (secondary N) is 1. The average molecular weight is 268 g/mol. The first kappa shape index (κ1) is 14.2. The van der Waals surface area contributed by atoms with Gasteiger partial charge < -0.3 is 15.3 Å². The summed E-state index contributed by atoms with van der Waals surface area (Å²) in [5.74, 6) is 0.572. The van der Waals surface area contributed by atoms with Crippen molar-refractivity contribution in [1.29, 1.82) is 0 Å². The predicted octanol–water partition coefficient (Wildman–Crippen LogP) is 2.07. The standard InChI is InChI=1S/C14H24N2O3/c1-3-16(9(2)6-13(17)18)14(19)15-12-8-10-4-5-11(12)7-10/h9-12H,3-8H2,1-2H3,(H,15,19)(H,17,18). The van der Waals surface area contributed by atoms with Crippen molar-refractivity contribution in [1.82, 2.24) is 10.2 Å². The van der Waals surface area contributed by atoms with Crippen LogP contribution in [0.3, 0.4) is 0 Å². The maximum absolute atomic E-state index is 12.3. The zero-order chi connectivity index (χ0) is 14.0. The summed E-state index contributed by atoms with van der Waals surface area (Å²) in [7, 11) is 0. The lowest BCUT2D eigenvalue weighted by atomic mass is 9.95. The number of amides is 2. The van der Waals surface area contributed by atoms with Crippen molar-refractivity contribution >= 4 is 12.0 Å². The van der Waals surface area contributed by atoms with E-state index in [1.54, 1.807) is 11.8 Å². The molecule has 2 fully saturated rings. The molecule has 0 saturated heterocycles. The minimum absolute atomic E-state index is 0.00200. The number of hydrogen-bond donors (Lipinski definition) is 2. The maximum Gasteiger partial charge on any atom is 0.317 e. The van der Waals surface area contributed by atoms with Gasteiger partial charge in [-0.05, 0) is 44.9 Å². The van der Waals surface area contributed by atoms with Crippen LogP contribution in [0.1, 0.15) is 46.0 Å². The number of urea groups is 1. The molecule has 2 aliphatic carbocycles. The van der Waals surface area contributed by atoms with Gasteiger partial charge in [-0.15, -0.1) is 0 Å². The Kier molecular flexibility index (Phi) is 4.32. The normalized spacial score (nSPS) is 30.1. The van der Waals surface area contributed by atoms with Crippen molar-refractivity contribution in [3.05, 3.63) is 0 Å². The van der Waals surface area contributed by atoms with E-state index in [-0.39, 0.29) is 18.5 Å². The lowest BCUT2D eigenvalue weighted by Gasteiger charge is -2.31. The second-order valence-electron chi connectivity index (χ2n) is 5.96. The number of hydrogen-bond acceptors (Lipinski definition) is 2. The summed E-state index contributed by atoms with van der Waals surface area (Å²) in [4.78, 5) is 24.6. The van der Waals surface area contributed by atoms with Crippen LogP contribution in [0.2, 0.25) is 0 Å². The Labute approximate surface area is 114 Å². The van der Waals surface area contributed by atoms with Crippen LogP contribution in [0.25, 0.3) is 0 Å². The van der Waals surface area contributed by atoms with Gasteiger partial charge in [0.25, 0.3) is 0 Å². The zero-order valence-corrected chi connectivity index (χ0v) is 11.8. The number of carbonyl (C=O) groups excluding carboxylic acids is 1. The summed E-state index contributed by atoms with van der Waals surface area (Å²) < 4.78 is 0. The SMILES string of the molecule is CCN(C(=O)NC1CC2CCC1C2)C(C)CC(=O)O. The van der Waals surface area contributed by atoms with Crippen molar-refractivity contribution in [2.24, 2.45) is 11.8 Å². The van der Waals surface area contributed by atoms with E-state index in [2.05, 4.69) is 5.32 Å². The molecule has 0 heterocycles. The van der Waals surface area contributed by atoms with E-state index >= 15 is 0 Å². The third-order valence-corrected chi connectivity index (χ3v) is 4.65. The number of fused-ring (bicyclic) bond motifs is 2. The molecule has 19 heavy (non-hydrogen) atoms. The molecule has 2 amide bonds. The fourth-order valence-electron chi connectivity index (χ4n) is 3.68. The van der Waals surface area contributed by atoms with Crippen LogP contribution in [-0.4, -0.2) is 40.6 Å². The molecular weight excluding hydrogens is 244 g/mol. The minimum Gasteiger partial charge on any atom is -0.481 e. The van der Waals surface area contributed by atoms with Gasteiger partial charge in [0.05, 0.1) is 6.42 Å². The Hall–Kier alpha value is -1.26. The number of nitrogens with zero attached hydrogens (tertiary/aromatic N) is 1. The second-order valence-corrected chi connectivity index (χ2v) is 5.96. The summed E-state index contributed by atoms with van der Waals surface area (Å²) in [5.41, 5.74) is 0. The third kappa shape index (κ3) is 3.19. The first-order valence-corrected chi connectivity index (χ1v) is 7.30. The van der Waals surface area contributed by atoms with Gasteiger partial charge in [-0.1, -0.05) is 6.42 Å². The molecule has 0 aliphatic heterocycles. The van der Waals surface area contributed by atoms with Gasteiger partial charge in [0.1, 0.15) is 0 Å². The molecule has 2 aliphatic rings. The lowest BCUT2D eigenvalue weighted by Crippen LogP contribution is -2.50. The van der Waals surface area contributed by atoms with Crippen LogP contribution in [0, 0.1) is 11.8 Å². The third-order valence-electron chi connectivity index (χ3n) is 4.65. The van der Waals surface area contributed by atoms with E-state index in [4.69, 9.17) is 5.11 Å². The predicted molar refractivity (Wildman–Crippen MR) is 71.9 cm³/mol. The van der Waals surface area contributed by atoms with Gasteiger partial charge >= 0.3 is 12.0 Å². The highest BCUT2D eigenvalue weighted by molar-refractivity contribution is 5.76. The Bertz CT molecular complexity index is 359. The molecule has 2 N–H and O–H groups in total. The van der Waals surface area contributed by atoms with E-state index in [0.717, 1.165) is 12.3 Å². The van der Waals surface area contributed by atoms with Crippen LogP contribution < -0.4 is 5.32 Å². The molecule has 0 aromatic heterocycles. The number of carboxylic acid groups (broad SMARTS) is 1. The van der Waals surface area contributed by atoms with Crippen LogP contribution in [0.4, 0.5) is 4.79 Å². The maximum atomic E-state index is 12.3. The summed E-state index contributed by atoms with van der Waals surface area (Å²) in [6.45, 7) is 4.22. The molecule has 2 bridgehead atoms. The van der Waals surface area contributed by atoms with Gasteiger partial charge in [0.2, 0.25) is 0 Å². The molecule has 5 nitrogen and oxygen atoms in total. The van der Waals surface area contributed by atoms with E-state index < -0.39 is 5.97 Å². The van der Waals surface area contributed by atoms with E-state index in [1.807, 2.05) is 6.92 Å². The van der Waals surface area contributed by atoms with Crippen LogP contribution in [-0.2, 0) is 4.79 Å². The summed E-state index contributed by atoms with van der Waals surface area (Å²) in [6.07, 6.45) is 4.89. The molecule has 4 atom stereocenters. The van der Waals surface area contributed by atoms with Gasteiger partial charge in [-0.2, -0.15) is 0 Å². The fourth-order valence-corrected chi connectivity index (χ4v) is 3.68. The van der Waals surface area contributed by atoms with E-state index in [0.29, 0.717) is 18.5 Å². The molecule has 5 heteroatoms. The van der Waals surface area contributed by atoms with Crippen molar-refractivity contribution in [2.45, 2.75) is 58.0 Å². The highest BCUT2D eigenvalue weighted by atomic mass is 16.4. The number of aliphatic carboxylic acids is 1. The number of carbonyl (C=O) groups is 2. The van der Waals surface area contributed by atoms with Crippen LogP contribution >= 0.6 is 0 Å². The highest BCUT2D eigenvalue weighted by Gasteiger charge is 2.40. The summed E-state index contributed by atoms with van der Waals surface area (Å²) in [6, 6.07) is -0.0628. The molecule has 2 rings (SSSR count). The average Bonchev–Trinajstić information content (AvgIpc) is 2.90. The van der Waals surface area contributed by atoms with Gasteiger partial charge in [-0.25, -0.2) is 4.79 Å². The monoisotopic (exact) mass is 268 g/mol. The zero-order valence-electron chi connectivity index (χ0n) is 11.8. The van der Waals surface area contributed by atoms with E-state index in [1.165, 1.54) is 19.3 Å². The van der Waals surface area contributed by atoms with Crippen molar-refractivity contribution in [3.63, 3.8) is 0 Å². The molecule has 4 unspecified atom stereocenters. The highest BCUT2D eigenvalue weighted by Crippen LogP contribution is 2.44. The molecule has 0 aromatic carbocycles. The molecule has 0 spiro atoms. The smallest absolute Gasteiger partial charge is 0.317 e. The van der Waals surface area contributed by atoms with Gasteiger partial charge in [0.15, 0.2) is 0 Å². The van der Waals surface area contributed by atoms with Crippen LogP contribution in [0.5, 0.6) is 0 Å². The topological polar surface area (TPSA) is 69.6 Å². The lowest BCUT2D eigenvalue weighted by molar-refractivity contribution is -0.138. The fraction of sp³-hybridized carbons (Fsp3) is 0.857. The largest absolute Gasteiger partial charge is 0.481 e. The molecule has 0 aromatic rings. The Morgan fingerprint density at radius 3 is 2.58 bits per heavy atom. The van der Waals surface area contributed by atoms with Gasteiger partial charge in [-0.3, -0.25) is 4.79 Å². The van der Waals surface area contributed by atoms with Crippen molar-refractivity contribution < 1.29 is 14.7 Å². The summed E-state index contributed by atoms with van der Waals surface area (Å²) >= 11 is 0. The van der Waals surface area contributed by atoms with Crippen molar-refractivity contribution in [2.75, 3.05) is 6.54 Å². The molecule has 108 valence electrons. The second kappa shape index (κ2) is 5.80. The van der Waals surface area contributed by atoms with Crippen molar-refractivity contribution in [3.8, 4) is 0 Å². The molecule has 2 saturated carbocycles. The Balaban J connectivity index is 1.88. The quantitative estimate of drug-likeness (QED) is 0.802. The van der Waals surface area contributed by atoms with E-state index in [9.17, 15) is 9.59 Å². The number of rotatable bonds is 5. The summed E-state index contributed by atoms with van der Waals surface area (Å²) in [5, 5.41) is 11.9. The Morgan fingerprint density at radius 1 is 1.37 bits per heavy atom. The Morgan fingerprint density at radius 2 is 2.11 bits per heavy atom. The first-order valence-electron chi connectivity index (χ1n) is 7.30. The first-order chi connectivity index (χ1) is 9.01. The minimum atomic E-state index is -0.862. The molecule has 0 radical (unpaired) electrons. The van der Waals surface area contributed by atoms with Gasteiger partial charge in [0, 0.05) is 18.6 Å². The van der Waals surface area contributed by atoms with Crippen LogP contribution in [0.15, 0.2) is 0 Å². The number of carboxylic acids is 1.